The first kappa shape index (κ1) is 21.1. The van der Waals surface area contributed by atoms with Gasteiger partial charge in [-0.05, 0) is 53.2 Å². The number of halogens is 1. The van der Waals surface area contributed by atoms with E-state index in [9.17, 15) is 8.42 Å². The third-order valence-corrected chi connectivity index (χ3v) is 8.15. The number of aromatic nitrogens is 2. The van der Waals surface area contributed by atoms with Crippen molar-refractivity contribution in [1.82, 2.24) is 14.5 Å². The molecule has 3 aromatic carbocycles. The SMILES string of the molecule is O=S(=O)(c1ccc(Br)cc1)N1CCN(c2ccc(-c3ccc4ccccc4c3)nn2)CC1. The number of anilines is 1. The lowest BCUT2D eigenvalue weighted by Gasteiger charge is -2.34. The molecule has 6 nitrogen and oxygen atoms in total. The molecule has 0 aliphatic carbocycles. The van der Waals surface area contributed by atoms with Crippen LogP contribution in [0.4, 0.5) is 5.82 Å². The van der Waals surface area contributed by atoms with E-state index in [1.807, 2.05) is 24.3 Å². The van der Waals surface area contributed by atoms with Gasteiger partial charge in [0, 0.05) is 36.2 Å². The lowest BCUT2D eigenvalue weighted by molar-refractivity contribution is 0.383. The Kier molecular flexibility index (Phi) is 5.67. The Labute approximate surface area is 195 Å². The molecule has 0 bridgehead atoms. The summed E-state index contributed by atoms with van der Waals surface area (Å²) in [6.45, 7) is 1.96. The number of fused-ring (bicyclic) bond motifs is 1. The van der Waals surface area contributed by atoms with E-state index in [0.29, 0.717) is 31.1 Å². The molecule has 0 spiro atoms. The molecule has 4 aromatic rings. The Bertz CT molecular complexity index is 1350. The molecule has 5 rings (SSSR count). The van der Waals surface area contributed by atoms with E-state index in [2.05, 4.69) is 61.4 Å². The predicted molar refractivity (Wildman–Crippen MR) is 130 cm³/mol. The first-order chi connectivity index (χ1) is 15.5. The first-order valence-electron chi connectivity index (χ1n) is 10.3. The lowest BCUT2D eigenvalue weighted by Crippen LogP contribution is -2.48. The summed E-state index contributed by atoms with van der Waals surface area (Å²) in [7, 11) is -3.50. The van der Waals surface area contributed by atoms with Crippen LogP contribution in [0, 0.1) is 0 Å². The second-order valence-corrected chi connectivity index (χ2v) is 10.5. The number of piperazine rings is 1. The first-order valence-corrected chi connectivity index (χ1v) is 12.6. The average Bonchev–Trinajstić information content (AvgIpc) is 2.84. The van der Waals surface area contributed by atoms with Gasteiger partial charge < -0.3 is 4.90 Å². The van der Waals surface area contributed by atoms with Gasteiger partial charge in [0.2, 0.25) is 10.0 Å². The van der Waals surface area contributed by atoms with Gasteiger partial charge in [-0.2, -0.15) is 4.31 Å². The molecule has 8 heteroatoms. The zero-order chi connectivity index (χ0) is 22.1. The minimum absolute atomic E-state index is 0.314. The summed E-state index contributed by atoms with van der Waals surface area (Å²) >= 11 is 3.34. The normalized spacial score (nSPS) is 15.2. The molecule has 0 N–H and O–H groups in total. The molecule has 0 saturated carbocycles. The summed E-state index contributed by atoms with van der Waals surface area (Å²) in [4.78, 5) is 2.39. The van der Waals surface area contributed by atoms with Crippen molar-refractivity contribution in [3.05, 3.63) is 83.3 Å². The quantitative estimate of drug-likeness (QED) is 0.403. The highest BCUT2D eigenvalue weighted by Crippen LogP contribution is 2.25. The molecule has 1 saturated heterocycles. The maximum Gasteiger partial charge on any atom is 0.243 e. The molecule has 1 fully saturated rings. The molecule has 1 aromatic heterocycles. The standard InChI is InChI=1S/C24H21BrN4O2S/c25-21-7-9-22(10-8-21)32(30,31)29-15-13-28(14-16-29)24-12-11-23(26-27-24)20-6-5-18-3-1-2-4-19(18)17-20/h1-12,17H,13-16H2. The van der Waals surface area contributed by atoms with E-state index in [1.165, 1.54) is 15.1 Å². The van der Waals surface area contributed by atoms with Gasteiger partial charge in [-0.15, -0.1) is 10.2 Å². The van der Waals surface area contributed by atoms with E-state index < -0.39 is 10.0 Å². The van der Waals surface area contributed by atoms with Crippen LogP contribution < -0.4 is 4.90 Å². The van der Waals surface area contributed by atoms with Gasteiger partial charge in [0.25, 0.3) is 0 Å². The van der Waals surface area contributed by atoms with Crippen LogP contribution in [-0.2, 0) is 10.0 Å². The summed E-state index contributed by atoms with van der Waals surface area (Å²) in [5.74, 6) is 0.759. The summed E-state index contributed by atoms with van der Waals surface area (Å²) in [5.41, 5.74) is 1.84. The lowest BCUT2D eigenvalue weighted by atomic mass is 10.1. The molecular weight excluding hydrogens is 488 g/mol. The number of rotatable bonds is 4. The monoisotopic (exact) mass is 508 g/mol. The van der Waals surface area contributed by atoms with Crippen molar-refractivity contribution >= 4 is 42.5 Å². The molecule has 0 atom stereocenters. The van der Waals surface area contributed by atoms with Gasteiger partial charge in [0.1, 0.15) is 0 Å². The Hall–Kier alpha value is -2.81. The minimum Gasteiger partial charge on any atom is -0.352 e. The highest BCUT2D eigenvalue weighted by atomic mass is 79.9. The van der Waals surface area contributed by atoms with Crippen LogP contribution in [0.5, 0.6) is 0 Å². The third-order valence-electron chi connectivity index (χ3n) is 5.71. The molecule has 162 valence electrons. The second kappa shape index (κ2) is 8.61. The van der Waals surface area contributed by atoms with Crippen LogP contribution in [-0.4, -0.2) is 49.1 Å². The van der Waals surface area contributed by atoms with Crippen LogP contribution in [0.25, 0.3) is 22.0 Å². The molecule has 0 unspecified atom stereocenters. The highest BCUT2D eigenvalue weighted by Gasteiger charge is 2.29. The van der Waals surface area contributed by atoms with Gasteiger partial charge in [-0.25, -0.2) is 8.42 Å². The number of sulfonamides is 1. The van der Waals surface area contributed by atoms with E-state index in [4.69, 9.17) is 0 Å². The largest absolute Gasteiger partial charge is 0.352 e. The summed E-state index contributed by atoms with van der Waals surface area (Å²) in [6, 6.07) is 25.2. The van der Waals surface area contributed by atoms with Crippen LogP contribution in [0.2, 0.25) is 0 Å². The Morgan fingerprint density at radius 3 is 2.16 bits per heavy atom. The molecule has 1 aliphatic rings. The zero-order valence-corrected chi connectivity index (χ0v) is 19.6. The predicted octanol–water partition coefficient (Wildman–Crippen LogP) is 4.57. The van der Waals surface area contributed by atoms with Gasteiger partial charge in [0.05, 0.1) is 10.6 Å². The number of nitrogens with zero attached hydrogens (tertiary/aromatic N) is 4. The van der Waals surface area contributed by atoms with Crippen molar-refractivity contribution in [2.45, 2.75) is 4.90 Å². The number of benzene rings is 3. The molecular formula is C24H21BrN4O2S. The Morgan fingerprint density at radius 2 is 1.47 bits per heavy atom. The third kappa shape index (κ3) is 4.13. The topological polar surface area (TPSA) is 66.4 Å². The molecule has 0 amide bonds. The van der Waals surface area contributed by atoms with E-state index >= 15 is 0 Å². The van der Waals surface area contributed by atoms with Gasteiger partial charge in [-0.1, -0.05) is 52.3 Å². The van der Waals surface area contributed by atoms with Crippen molar-refractivity contribution in [2.24, 2.45) is 0 Å². The van der Waals surface area contributed by atoms with Crippen molar-refractivity contribution in [1.29, 1.82) is 0 Å². The van der Waals surface area contributed by atoms with Crippen LogP contribution in [0.1, 0.15) is 0 Å². The summed E-state index contributed by atoms with van der Waals surface area (Å²) < 4.78 is 28.2. The van der Waals surface area contributed by atoms with Crippen molar-refractivity contribution in [3.63, 3.8) is 0 Å². The summed E-state index contributed by atoms with van der Waals surface area (Å²) in [6.07, 6.45) is 0. The fraction of sp³-hybridized carbons (Fsp3) is 0.167. The summed E-state index contributed by atoms with van der Waals surface area (Å²) in [5, 5.41) is 11.2. The van der Waals surface area contributed by atoms with Crippen molar-refractivity contribution in [2.75, 3.05) is 31.1 Å². The molecule has 1 aliphatic heterocycles. The zero-order valence-electron chi connectivity index (χ0n) is 17.2. The van der Waals surface area contributed by atoms with Gasteiger partial charge in [-0.3, -0.25) is 0 Å². The van der Waals surface area contributed by atoms with Crippen LogP contribution in [0.3, 0.4) is 0 Å². The van der Waals surface area contributed by atoms with E-state index in [1.54, 1.807) is 24.3 Å². The number of hydrogen-bond donors (Lipinski definition) is 0. The fourth-order valence-electron chi connectivity index (χ4n) is 3.91. The molecule has 32 heavy (non-hydrogen) atoms. The smallest absolute Gasteiger partial charge is 0.243 e. The number of hydrogen-bond acceptors (Lipinski definition) is 5. The van der Waals surface area contributed by atoms with Crippen LogP contribution in [0.15, 0.2) is 88.2 Å². The second-order valence-electron chi connectivity index (χ2n) is 7.68. The molecule has 0 radical (unpaired) electrons. The fourth-order valence-corrected chi connectivity index (χ4v) is 5.60. The minimum atomic E-state index is -3.50. The maximum absolute atomic E-state index is 12.9. The highest BCUT2D eigenvalue weighted by molar-refractivity contribution is 9.10. The van der Waals surface area contributed by atoms with Crippen LogP contribution >= 0.6 is 15.9 Å². The maximum atomic E-state index is 12.9. The average molecular weight is 509 g/mol. The van der Waals surface area contributed by atoms with Gasteiger partial charge in [0.15, 0.2) is 5.82 Å². The van der Waals surface area contributed by atoms with Crippen molar-refractivity contribution < 1.29 is 8.42 Å². The van der Waals surface area contributed by atoms with Gasteiger partial charge >= 0.3 is 0 Å². The van der Waals surface area contributed by atoms with Crippen molar-refractivity contribution in [3.8, 4) is 11.3 Å². The Morgan fingerprint density at radius 1 is 0.750 bits per heavy atom. The van der Waals surface area contributed by atoms with E-state index in [0.717, 1.165) is 21.5 Å². The van der Waals surface area contributed by atoms with E-state index in [-0.39, 0.29) is 0 Å². The Balaban J connectivity index is 1.28. The molecule has 2 heterocycles.